The molecule has 1 aliphatic rings. The maximum Gasteiger partial charge on any atom is 0.404 e. The third kappa shape index (κ3) is 4.71. The fraction of sp³-hybridized carbons (Fsp3) is 0.588. The first-order valence-corrected chi connectivity index (χ1v) is 7.89. The zero-order chi connectivity index (χ0) is 16.2. The molecule has 5 nitrogen and oxygen atoms in total. The molecule has 122 valence electrons. The highest BCUT2D eigenvalue weighted by Gasteiger charge is 2.32. The van der Waals surface area contributed by atoms with Crippen LogP contribution in [0, 0.1) is 0 Å². The molecular formula is C17H26N2O3. The summed E-state index contributed by atoms with van der Waals surface area (Å²) in [5, 5.41) is 25.4. The molecule has 0 unspecified atom stereocenters. The van der Waals surface area contributed by atoms with Crippen LogP contribution in [0.15, 0.2) is 30.3 Å². The summed E-state index contributed by atoms with van der Waals surface area (Å²) in [4.78, 5) is 10.7. The van der Waals surface area contributed by atoms with Gasteiger partial charge >= 0.3 is 6.09 Å². The minimum Gasteiger partial charge on any atom is -0.465 e. The lowest BCUT2D eigenvalue weighted by atomic mass is 9.87. The molecule has 1 aromatic rings. The van der Waals surface area contributed by atoms with Crippen molar-refractivity contribution in [1.82, 2.24) is 10.6 Å². The molecule has 0 aliphatic heterocycles. The molecule has 0 bridgehead atoms. The van der Waals surface area contributed by atoms with Crippen LogP contribution in [0.5, 0.6) is 0 Å². The van der Waals surface area contributed by atoms with Crippen LogP contribution in [0.3, 0.4) is 0 Å². The maximum atomic E-state index is 10.7. The predicted octanol–water partition coefficient (Wildman–Crippen LogP) is 2.67. The summed E-state index contributed by atoms with van der Waals surface area (Å²) in [6.07, 6.45) is 2.53. The van der Waals surface area contributed by atoms with Crippen LogP contribution in [-0.2, 0) is 0 Å². The van der Waals surface area contributed by atoms with Crippen molar-refractivity contribution in [2.45, 2.75) is 63.3 Å². The first-order chi connectivity index (χ1) is 10.4. The number of rotatable bonds is 5. The van der Waals surface area contributed by atoms with Crippen LogP contribution in [-0.4, -0.2) is 34.0 Å². The summed E-state index contributed by atoms with van der Waals surface area (Å²) in [7, 11) is 0. The summed E-state index contributed by atoms with van der Waals surface area (Å²) >= 11 is 0. The van der Waals surface area contributed by atoms with E-state index in [1.807, 2.05) is 44.2 Å². The second-order valence-corrected chi connectivity index (χ2v) is 6.66. The SMILES string of the molecule is CC(C)(O)[C@@H](N[C@H]1CC[C@H](NC(=O)O)CC1)c1ccccc1. The van der Waals surface area contributed by atoms with Gasteiger partial charge in [0.05, 0.1) is 11.6 Å². The van der Waals surface area contributed by atoms with Gasteiger partial charge in [-0.2, -0.15) is 0 Å². The molecule has 0 spiro atoms. The Morgan fingerprint density at radius 1 is 1.14 bits per heavy atom. The fourth-order valence-corrected chi connectivity index (χ4v) is 3.17. The van der Waals surface area contributed by atoms with E-state index in [-0.39, 0.29) is 12.1 Å². The topological polar surface area (TPSA) is 81.6 Å². The second-order valence-electron chi connectivity index (χ2n) is 6.66. The fourth-order valence-electron chi connectivity index (χ4n) is 3.17. The Morgan fingerprint density at radius 3 is 2.18 bits per heavy atom. The van der Waals surface area contributed by atoms with Crippen molar-refractivity contribution in [3.8, 4) is 0 Å². The van der Waals surface area contributed by atoms with Gasteiger partial charge in [0.15, 0.2) is 0 Å². The number of carboxylic acid groups (broad SMARTS) is 1. The van der Waals surface area contributed by atoms with E-state index in [9.17, 15) is 9.90 Å². The summed E-state index contributed by atoms with van der Waals surface area (Å²) < 4.78 is 0. The average molecular weight is 306 g/mol. The van der Waals surface area contributed by atoms with Crippen molar-refractivity contribution >= 4 is 6.09 Å². The van der Waals surface area contributed by atoms with Gasteiger partial charge in [-0.25, -0.2) is 4.79 Å². The second kappa shape index (κ2) is 7.11. The Hall–Kier alpha value is -1.59. The molecule has 4 N–H and O–H groups in total. The lowest BCUT2D eigenvalue weighted by Crippen LogP contribution is -2.47. The quantitative estimate of drug-likeness (QED) is 0.674. The van der Waals surface area contributed by atoms with Crippen LogP contribution in [0.1, 0.15) is 51.1 Å². The summed E-state index contributed by atoms with van der Waals surface area (Å²) in [5.74, 6) is 0. The van der Waals surface area contributed by atoms with Crippen LogP contribution in [0.4, 0.5) is 4.79 Å². The molecule has 2 rings (SSSR count). The van der Waals surface area contributed by atoms with Gasteiger partial charge < -0.3 is 20.8 Å². The van der Waals surface area contributed by atoms with Crippen LogP contribution < -0.4 is 10.6 Å². The molecule has 0 heterocycles. The number of aliphatic hydroxyl groups is 1. The minimum absolute atomic E-state index is 0.0489. The van der Waals surface area contributed by atoms with Crippen molar-refractivity contribution in [3.05, 3.63) is 35.9 Å². The molecule has 1 atom stereocenters. The zero-order valence-electron chi connectivity index (χ0n) is 13.2. The van der Waals surface area contributed by atoms with E-state index in [4.69, 9.17) is 5.11 Å². The normalized spacial score (nSPS) is 23.8. The third-order valence-electron chi connectivity index (χ3n) is 4.30. The molecule has 5 heteroatoms. The van der Waals surface area contributed by atoms with Gasteiger partial charge in [0.25, 0.3) is 0 Å². The molecule has 1 amide bonds. The molecule has 1 fully saturated rings. The molecule has 22 heavy (non-hydrogen) atoms. The summed E-state index contributed by atoms with van der Waals surface area (Å²) in [6, 6.07) is 10.2. The van der Waals surface area contributed by atoms with Gasteiger partial charge in [0.1, 0.15) is 0 Å². The Kier molecular flexibility index (Phi) is 5.42. The number of hydrogen-bond donors (Lipinski definition) is 4. The Morgan fingerprint density at radius 2 is 1.68 bits per heavy atom. The van der Waals surface area contributed by atoms with E-state index >= 15 is 0 Å². The first-order valence-electron chi connectivity index (χ1n) is 7.89. The van der Waals surface area contributed by atoms with Gasteiger partial charge in [0.2, 0.25) is 0 Å². The van der Waals surface area contributed by atoms with Crippen molar-refractivity contribution in [1.29, 1.82) is 0 Å². The largest absolute Gasteiger partial charge is 0.465 e. The van der Waals surface area contributed by atoms with Crippen molar-refractivity contribution < 1.29 is 15.0 Å². The van der Waals surface area contributed by atoms with E-state index in [2.05, 4.69) is 10.6 Å². The Labute approximate surface area is 131 Å². The van der Waals surface area contributed by atoms with Gasteiger partial charge in [-0.3, -0.25) is 0 Å². The lowest BCUT2D eigenvalue weighted by Gasteiger charge is -2.37. The van der Waals surface area contributed by atoms with Crippen molar-refractivity contribution in [3.63, 3.8) is 0 Å². The summed E-state index contributed by atoms with van der Waals surface area (Å²) in [5.41, 5.74) is 0.207. The first kappa shape index (κ1) is 16.8. The standard InChI is InChI=1S/C17H26N2O3/c1-17(2,22)15(12-6-4-3-5-7-12)18-13-8-10-14(11-9-13)19-16(20)21/h3-7,13-15,18-19,22H,8-11H2,1-2H3,(H,20,21)/t13-,14-,15-/m0/s1. The smallest absolute Gasteiger partial charge is 0.404 e. The maximum absolute atomic E-state index is 10.7. The van der Waals surface area contributed by atoms with Gasteiger partial charge in [-0.05, 0) is 45.1 Å². The molecule has 1 aliphatic carbocycles. The van der Waals surface area contributed by atoms with Crippen LogP contribution in [0.2, 0.25) is 0 Å². The number of nitrogens with one attached hydrogen (secondary N) is 2. The van der Waals surface area contributed by atoms with Crippen molar-refractivity contribution in [2.75, 3.05) is 0 Å². The summed E-state index contributed by atoms with van der Waals surface area (Å²) in [6.45, 7) is 3.63. The van der Waals surface area contributed by atoms with Crippen LogP contribution in [0.25, 0.3) is 0 Å². The van der Waals surface area contributed by atoms with E-state index in [1.165, 1.54) is 0 Å². The highest BCUT2D eigenvalue weighted by molar-refractivity contribution is 5.64. The molecule has 0 saturated heterocycles. The number of carbonyl (C=O) groups is 1. The van der Waals surface area contributed by atoms with Gasteiger partial charge in [-0.1, -0.05) is 30.3 Å². The number of amides is 1. The molecule has 0 aromatic heterocycles. The highest BCUT2D eigenvalue weighted by atomic mass is 16.4. The van der Waals surface area contributed by atoms with Crippen LogP contribution >= 0.6 is 0 Å². The lowest BCUT2D eigenvalue weighted by molar-refractivity contribution is 0.0296. The minimum atomic E-state index is -0.949. The van der Waals surface area contributed by atoms with Gasteiger partial charge in [0, 0.05) is 12.1 Å². The average Bonchev–Trinajstić information content (AvgIpc) is 2.45. The Balaban J connectivity index is 1.97. The predicted molar refractivity (Wildman–Crippen MR) is 85.8 cm³/mol. The molecule has 1 aromatic carbocycles. The third-order valence-corrected chi connectivity index (χ3v) is 4.30. The van der Waals surface area contributed by atoms with Gasteiger partial charge in [-0.15, -0.1) is 0 Å². The Bertz CT molecular complexity index is 476. The number of hydrogen-bond acceptors (Lipinski definition) is 3. The van der Waals surface area contributed by atoms with E-state index in [0.29, 0.717) is 6.04 Å². The van der Waals surface area contributed by atoms with Crippen molar-refractivity contribution in [2.24, 2.45) is 0 Å². The highest BCUT2D eigenvalue weighted by Crippen LogP contribution is 2.29. The van der Waals surface area contributed by atoms with E-state index in [1.54, 1.807) is 0 Å². The molecule has 1 saturated carbocycles. The molecular weight excluding hydrogens is 280 g/mol. The monoisotopic (exact) mass is 306 g/mol. The van der Waals surface area contributed by atoms with E-state index in [0.717, 1.165) is 31.2 Å². The zero-order valence-corrected chi connectivity index (χ0v) is 13.2. The van der Waals surface area contributed by atoms with E-state index < -0.39 is 11.7 Å². The molecule has 0 radical (unpaired) electrons. The number of benzene rings is 1.